The summed E-state index contributed by atoms with van der Waals surface area (Å²) in [6.45, 7) is 5.60. The second-order valence-corrected chi connectivity index (χ2v) is 12.0. The molecule has 8 heteroatoms. The molecule has 190 valence electrons. The molecule has 1 aliphatic rings. The highest BCUT2D eigenvalue weighted by Crippen LogP contribution is 2.19. The van der Waals surface area contributed by atoms with Crippen molar-refractivity contribution in [3.05, 3.63) is 101 Å². The minimum absolute atomic E-state index is 0.0585. The maximum Gasteiger partial charge on any atom is 0.251 e. The molecule has 1 aliphatic heterocycles. The summed E-state index contributed by atoms with van der Waals surface area (Å²) in [6.07, 6.45) is 0. The van der Waals surface area contributed by atoms with Crippen molar-refractivity contribution < 1.29 is 13.2 Å². The van der Waals surface area contributed by atoms with Crippen molar-refractivity contribution in [1.82, 2.24) is 14.5 Å². The van der Waals surface area contributed by atoms with Crippen molar-refractivity contribution in [3.8, 4) is 0 Å². The van der Waals surface area contributed by atoms with E-state index in [1.54, 1.807) is 28.2 Å². The predicted molar refractivity (Wildman–Crippen MR) is 147 cm³/mol. The zero-order valence-electron chi connectivity index (χ0n) is 20.6. The lowest BCUT2D eigenvalue weighted by molar-refractivity contribution is 0.0956. The van der Waals surface area contributed by atoms with Crippen molar-refractivity contribution >= 4 is 27.7 Å². The van der Waals surface area contributed by atoms with Gasteiger partial charge in [0.25, 0.3) is 5.91 Å². The summed E-state index contributed by atoms with van der Waals surface area (Å²) in [7, 11) is -3.46. The minimum Gasteiger partial charge on any atom is -0.351 e. The quantitative estimate of drug-likeness (QED) is 0.404. The molecule has 3 aromatic rings. The van der Waals surface area contributed by atoms with E-state index in [-0.39, 0.29) is 5.91 Å². The number of piperazine rings is 1. The Balaban J connectivity index is 1.19. The van der Waals surface area contributed by atoms with E-state index in [0.29, 0.717) is 43.2 Å². The Morgan fingerprint density at radius 1 is 0.861 bits per heavy atom. The Hall–Kier alpha value is -2.65. The molecule has 0 unspecified atom stereocenters. The summed E-state index contributed by atoms with van der Waals surface area (Å²) in [5.74, 6) is 1.75. The highest BCUT2D eigenvalue weighted by atomic mass is 32.2. The number of hydrogen-bond donors (Lipinski definition) is 1. The standard InChI is InChI=1S/C28H33N3O3S2/c1-23-7-13-27(14-8-23)36(33,34)31-18-16-30(17-19-31)21-24-9-11-26(12-10-24)28(32)29-15-20-35-22-25-5-3-2-4-6-25/h2-14H,15-22H2,1H3,(H,29,32). The Morgan fingerprint density at radius 2 is 1.53 bits per heavy atom. The molecule has 1 N–H and O–H groups in total. The van der Waals surface area contributed by atoms with Crippen LogP contribution in [0.25, 0.3) is 0 Å². The number of carbonyl (C=O) groups excluding carboxylic acids is 1. The number of aryl methyl sites for hydroxylation is 1. The van der Waals surface area contributed by atoms with Crippen LogP contribution in [0.15, 0.2) is 83.8 Å². The molecule has 3 aromatic carbocycles. The lowest BCUT2D eigenvalue weighted by Gasteiger charge is -2.34. The van der Waals surface area contributed by atoms with Crippen molar-refractivity contribution in [2.45, 2.75) is 24.1 Å². The maximum absolute atomic E-state index is 12.9. The maximum atomic E-state index is 12.9. The van der Waals surface area contributed by atoms with Gasteiger partial charge < -0.3 is 5.32 Å². The smallest absolute Gasteiger partial charge is 0.251 e. The van der Waals surface area contributed by atoms with Gasteiger partial charge in [-0.15, -0.1) is 0 Å². The minimum atomic E-state index is -3.46. The fraction of sp³-hybridized carbons (Fsp3) is 0.321. The number of thioether (sulfide) groups is 1. The molecule has 0 spiro atoms. The van der Waals surface area contributed by atoms with E-state index in [2.05, 4.69) is 22.3 Å². The molecule has 1 heterocycles. The normalized spacial score (nSPS) is 15.0. The van der Waals surface area contributed by atoms with E-state index < -0.39 is 10.0 Å². The molecule has 1 fully saturated rings. The second kappa shape index (κ2) is 12.5. The van der Waals surface area contributed by atoms with E-state index in [1.807, 2.05) is 61.5 Å². The molecule has 0 bridgehead atoms. The molecule has 0 radical (unpaired) electrons. The van der Waals surface area contributed by atoms with E-state index in [1.165, 1.54) is 5.56 Å². The summed E-state index contributed by atoms with van der Waals surface area (Å²) in [4.78, 5) is 15.1. The topological polar surface area (TPSA) is 69.7 Å². The van der Waals surface area contributed by atoms with Crippen LogP contribution in [0.3, 0.4) is 0 Å². The molecule has 0 saturated carbocycles. The van der Waals surface area contributed by atoms with Crippen molar-refractivity contribution in [1.29, 1.82) is 0 Å². The molecule has 36 heavy (non-hydrogen) atoms. The Bertz CT molecular complexity index is 1220. The van der Waals surface area contributed by atoms with E-state index in [0.717, 1.165) is 29.2 Å². The zero-order valence-corrected chi connectivity index (χ0v) is 22.2. The van der Waals surface area contributed by atoms with E-state index in [9.17, 15) is 13.2 Å². The molecular formula is C28H33N3O3S2. The van der Waals surface area contributed by atoms with Gasteiger partial charge in [0.1, 0.15) is 0 Å². The Labute approximate surface area is 218 Å². The van der Waals surface area contributed by atoms with Crippen molar-refractivity contribution in [3.63, 3.8) is 0 Å². The van der Waals surface area contributed by atoms with Gasteiger partial charge in [-0.1, -0.05) is 60.2 Å². The van der Waals surface area contributed by atoms with Crippen LogP contribution in [-0.4, -0.2) is 62.0 Å². The summed E-state index contributed by atoms with van der Waals surface area (Å²) in [5.41, 5.74) is 4.10. The fourth-order valence-corrected chi connectivity index (χ4v) is 6.35. The first-order valence-electron chi connectivity index (χ1n) is 12.2. The Morgan fingerprint density at radius 3 is 2.19 bits per heavy atom. The van der Waals surface area contributed by atoms with Crippen molar-refractivity contribution in [2.75, 3.05) is 38.5 Å². The number of hydrogen-bond acceptors (Lipinski definition) is 5. The van der Waals surface area contributed by atoms with Gasteiger partial charge in [0, 0.05) is 56.3 Å². The third-order valence-corrected chi connectivity index (χ3v) is 9.20. The van der Waals surface area contributed by atoms with Crippen LogP contribution < -0.4 is 5.32 Å². The first-order valence-corrected chi connectivity index (χ1v) is 14.8. The highest BCUT2D eigenvalue weighted by Gasteiger charge is 2.28. The predicted octanol–water partition coefficient (Wildman–Crippen LogP) is 4.16. The van der Waals surface area contributed by atoms with E-state index >= 15 is 0 Å². The number of sulfonamides is 1. The second-order valence-electron chi connectivity index (χ2n) is 8.98. The molecule has 1 amide bonds. The van der Waals surface area contributed by atoms with Gasteiger partial charge in [0.05, 0.1) is 4.90 Å². The molecule has 4 rings (SSSR count). The van der Waals surface area contributed by atoms with Crippen LogP contribution in [0, 0.1) is 6.92 Å². The zero-order chi connectivity index (χ0) is 25.4. The van der Waals surface area contributed by atoms with Gasteiger partial charge in [-0.05, 0) is 42.3 Å². The molecule has 6 nitrogen and oxygen atoms in total. The van der Waals surface area contributed by atoms with Crippen LogP contribution in [0.5, 0.6) is 0 Å². The summed E-state index contributed by atoms with van der Waals surface area (Å²) >= 11 is 1.80. The third-order valence-electron chi connectivity index (χ3n) is 6.26. The van der Waals surface area contributed by atoms with Crippen molar-refractivity contribution in [2.24, 2.45) is 0 Å². The number of amides is 1. The van der Waals surface area contributed by atoms with Gasteiger partial charge in [-0.25, -0.2) is 8.42 Å². The van der Waals surface area contributed by atoms with Crippen LogP contribution in [0.4, 0.5) is 0 Å². The molecule has 0 atom stereocenters. The highest BCUT2D eigenvalue weighted by molar-refractivity contribution is 7.98. The summed E-state index contributed by atoms with van der Waals surface area (Å²) < 4.78 is 27.4. The molecule has 1 saturated heterocycles. The first-order chi connectivity index (χ1) is 17.4. The molecule has 0 aliphatic carbocycles. The van der Waals surface area contributed by atoms with Crippen LogP contribution >= 0.6 is 11.8 Å². The van der Waals surface area contributed by atoms with Crippen LogP contribution in [-0.2, 0) is 22.3 Å². The Kier molecular flexibility index (Phi) is 9.20. The fourth-order valence-electron chi connectivity index (χ4n) is 4.11. The van der Waals surface area contributed by atoms with Gasteiger partial charge in [0.15, 0.2) is 0 Å². The SMILES string of the molecule is Cc1ccc(S(=O)(=O)N2CCN(Cc3ccc(C(=O)NCCSCc4ccccc4)cc3)CC2)cc1. The largest absolute Gasteiger partial charge is 0.351 e. The van der Waals surface area contributed by atoms with Gasteiger partial charge in [-0.2, -0.15) is 16.1 Å². The molecular weight excluding hydrogens is 490 g/mol. The van der Waals surface area contributed by atoms with Crippen LogP contribution in [0.1, 0.15) is 27.0 Å². The summed E-state index contributed by atoms with van der Waals surface area (Å²) in [6, 6.07) is 25.0. The third kappa shape index (κ3) is 7.20. The average Bonchev–Trinajstić information content (AvgIpc) is 2.90. The lowest BCUT2D eigenvalue weighted by Crippen LogP contribution is -2.48. The summed E-state index contributed by atoms with van der Waals surface area (Å²) in [5, 5.41) is 2.99. The first kappa shape index (κ1) is 26.4. The lowest BCUT2D eigenvalue weighted by atomic mass is 10.1. The number of rotatable bonds is 10. The molecule has 0 aromatic heterocycles. The number of benzene rings is 3. The number of carbonyl (C=O) groups is 1. The number of nitrogens with zero attached hydrogens (tertiary/aromatic N) is 2. The van der Waals surface area contributed by atoms with Crippen LogP contribution in [0.2, 0.25) is 0 Å². The van der Waals surface area contributed by atoms with Gasteiger partial charge >= 0.3 is 0 Å². The van der Waals surface area contributed by atoms with Gasteiger partial charge in [-0.3, -0.25) is 9.69 Å². The van der Waals surface area contributed by atoms with E-state index in [4.69, 9.17) is 0 Å². The number of nitrogens with one attached hydrogen (secondary N) is 1. The monoisotopic (exact) mass is 523 g/mol. The van der Waals surface area contributed by atoms with Gasteiger partial charge in [0.2, 0.25) is 10.0 Å². The average molecular weight is 524 g/mol.